The molecule has 1 aromatic rings. The van der Waals surface area contributed by atoms with Crippen LogP contribution in [0.4, 0.5) is 5.69 Å². The summed E-state index contributed by atoms with van der Waals surface area (Å²) in [6, 6.07) is 7.60. The molecule has 15 heavy (non-hydrogen) atoms. The SMILES string of the molecule is O=C(Nc1cccc(Br)c1)C1CCCN1. The van der Waals surface area contributed by atoms with Gasteiger partial charge in [-0.1, -0.05) is 22.0 Å². The Balaban J connectivity index is 1.99. The van der Waals surface area contributed by atoms with Crippen molar-refractivity contribution in [3.63, 3.8) is 0 Å². The molecule has 2 N–H and O–H groups in total. The molecule has 1 aromatic carbocycles. The molecule has 1 aliphatic rings. The van der Waals surface area contributed by atoms with Gasteiger partial charge >= 0.3 is 0 Å². The summed E-state index contributed by atoms with van der Waals surface area (Å²) in [5.74, 6) is 0.0607. The molecule has 0 aromatic heterocycles. The van der Waals surface area contributed by atoms with E-state index in [-0.39, 0.29) is 11.9 Å². The smallest absolute Gasteiger partial charge is 0.241 e. The van der Waals surface area contributed by atoms with E-state index in [1.54, 1.807) is 0 Å². The zero-order valence-electron chi connectivity index (χ0n) is 8.29. The number of nitrogens with one attached hydrogen (secondary N) is 2. The fourth-order valence-electron chi connectivity index (χ4n) is 1.70. The van der Waals surface area contributed by atoms with Crippen molar-refractivity contribution in [3.05, 3.63) is 28.7 Å². The quantitative estimate of drug-likeness (QED) is 0.863. The second-order valence-corrected chi connectivity index (χ2v) is 4.56. The van der Waals surface area contributed by atoms with Gasteiger partial charge in [-0.3, -0.25) is 4.79 Å². The first-order chi connectivity index (χ1) is 7.25. The molecule has 80 valence electrons. The highest BCUT2D eigenvalue weighted by Gasteiger charge is 2.21. The number of amides is 1. The van der Waals surface area contributed by atoms with Crippen LogP contribution in [0.3, 0.4) is 0 Å². The van der Waals surface area contributed by atoms with Crippen LogP contribution in [0.5, 0.6) is 0 Å². The van der Waals surface area contributed by atoms with Gasteiger partial charge in [-0.15, -0.1) is 0 Å². The van der Waals surface area contributed by atoms with E-state index in [0.29, 0.717) is 0 Å². The lowest BCUT2D eigenvalue weighted by Crippen LogP contribution is -2.35. The maximum atomic E-state index is 11.7. The second kappa shape index (κ2) is 4.77. The van der Waals surface area contributed by atoms with Gasteiger partial charge in [-0.2, -0.15) is 0 Å². The van der Waals surface area contributed by atoms with Gasteiger partial charge in [0.05, 0.1) is 6.04 Å². The van der Waals surface area contributed by atoms with Gasteiger partial charge in [0, 0.05) is 10.2 Å². The summed E-state index contributed by atoms with van der Waals surface area (Å²) in [7, 11) is 0. The maximum absolute atomic E-state index is 11.7. The first kappa shape index (κ1) is 10.6. The zero-order valence-corrected chi connectivity index (χ0v) is 9.88. The molecule has 2 rings (SSSR count). The van der Waals surface area contributed by atoms with Crippen LogP contribution in [0, 0.1) is 0 Å². The largest absolute Gasteiger partial charge is 0.325 e. The normalized spacial score (nSPS) is 20.2. The van der Waals surface area contributed by atoms with Crippen LogP contribution in [0.2, 0.25) is 0 Å². The average Bonchev–Trinajstić information content (AvgIpc) is 2.70. The van der Waals surface area contributed by atoms with E-state index < -0.39 is 0 Å². The molecular weight excluding hydrogens is 256 g/mol. The van der Waals surface area contributed by atoms with Crippen molar-refractivity contribution < 1.29 is 4.79 Å². The summed E-state index contributed by atoms with van der Waals surface area (Å²) in [4.78, 5) is 11.7. The monoisotopic (exact) mass is 268 g/mol. The average molecular weight is 269 g/mol. The van der Waals surface area contributed by atoms with Crippen molar-refractivity contribution in [2.75, 3.05) is 11.9 Å². The van der Waals surface area contributed by atoms with Crippen molar-refractivity contribution in [3.8, 4) is 0 Å². The zero-order chi connectivity index (χ0) is 10.7. The highest BCUT2D eigenvalue weighted by Crippen LogP contribution is 2.16. The van der Waals surface area contributed by atoms with Gasteiger partial charge in [0.2, 0.25) is 5.91 Å². The number of carbonyl (C=O) groups is 1. The molecule has 0 radical (unpaired) electrons. The molecule has 0 bridgehead atoms. The number of halogens is 1. The van der Waals surface area contributed by atoms with Crippen molar-refractivity contribution in [2.24, 2.45) is 0 Å². The Hall–Kier alpha value is -0.870. The minimum atomic E-state index is -0.0241. The Morgan fingerprint density at radius 3 is 3.07 bits per heavy atom. The Morgan fingerprint density at radius 2 is 2.40 bits per heavy atom. The van der Waals surface area contributed by atoms with Crippen molar-refractivity contribution >= 4 is 27.5 Å². The van der Waals surface area contributed by atoms with E-state index in [0.717, 1.165) is 29.5 Å². The van der Waals surface area contributed by atoms with Crippen molar-refractivity contribution in [2.45, 2.75) is 18.9 Å². The van der Waals surface area contributed by atoms with E-state index in [1.807, 2.05) is 24.3 Å². The molecule has 1 amide bonds. The Labute approximate surface area is 97.4 Å². The molecule has 0 spiro atoms. The Kier molecular flexibility index (Phi) is 3.38. The predicted octanol–water partition coefficient (Wildman–Crippen LogP) is 2.14. The van der Waals surface area contributed by atoms with E-state index in [4.69, 9.17) is 0 Å². The van der Waals surface area contributed by atoms with Gasteiger partial charge in [0.15, 0.2) is 0 Å². The van der Waals surface area contributed by atoms with Gasteiger partial charge < -0.3 is 10.6 Å². The molecule has 1 heterocycles. The molecule has 3 nitrogen and oxygen atoms in total. The Morgan fingerprint density at radius 1 is 1.53 bits per heavy atom. The van der Waals surface area contributed by atoms with Gasteiger partial charge in [0.1, 0.15) is 0 Å². The number of rotatable bonds is 2. The summed E-state index contributed by atoms with van der Waals surface area (Å²) < 4.78 is 0.972. The van der Waals surface area contributed by atoms with Crippen LogP contribution in [0.1, 0.15) is 12.8 Å². The standard InChI is InChI=1S/C11H13BrN2O/c12-8-3-1-4-9(7-8)14-11(15)10-5-2-6-13-10/h1,3-4,7,10,13H,2,5-6H2,(H,14,15). The number of hydrogen-bond acceptors (Lipinski definition) is 2. The number of benzene rings is 1. The molecule has 1 saturated heterocycles. The highest BCUT2D eigenvalue weighted by atomic mass is 79.9. The number of hydrogen-bond donors (Lipinski definition) is 2. The molecular formula is C11H13BrN2O. The molecule has 0 aliphatic carbocycles. The van der Waals surface area contributed by atoms with Gasteiger partial charge in [-0.25, -0.2) is 0 Å². The fourth-order valence-corrected chi connectivity index (χ4v) is 2.10. The third-order valence-electron chi connectivity index (χ3n) is 2.47. The molecule has 4 heteroatoms. The molecule has 1 unspecified atom stereocenters. The summed E-state index contributed by atoms with van der Waals surface area (Å²) in [5.41, 5.74) is 0.836. The first-order valence-electron chi connectivity index (χ1n) is 5.05. The lowest BCUT2D eigenvalue weighted by molar-refractivity contribution is -0.117. The second-order valence-electron chi connectivity index (χ2n) is 3.65. The van der Waals surface area contributed by atoms with Crippen LogP contribution < -0.4 is 10.6 Å². The van der Waals surface area contributed by atoms with Crippen molar-refractivity contribution in [1.82, 2.24) is 5.32 Å². The first-order valence-corrected chi connectivity index (χ1v) is 5.85. The molecule has 0 saturated carbocycles. The van der Waals surface area contributed by atoms with E-state index in [1.165, 1.54) is 0 Å². The van der Waals surface area contributed by atoms with Crippen LogP contribution in [-0.4, -0.2) is 18.5 Å². The minimum Gasteiger partial charge on any atom is -0.325 e. The Bertz CT molecular complexity index is 361. The van der Waals surface area contributed by atoms with Gasteiger partial charge in [-0.05, 0) is 37.6 Å². The molecule has 1 fully saturated rings. The summed E-state index contributed by atoms with van der Waals surface area (Å²) in [5, 5.41) is 6.06. The van der Waals surface area contributed by atoms with Crippen LogP contribution in [0.15, 0.2) is 28.7 Å². The summed E-state index contributed by atoms with van der Waals surface area (Å²) >= 11 is 3.37. The summed E-state index contributed by atoms with van der Waals surface area (Å²) in [6.45, 7) is 0.941. The highest BCUT2D eigenvalue weighted by molar-refractivity contribution is 9.10. The van der Waals surface area contributed by atoms with E-state index in [9.17, 15) is 4.79 Å². The topological polar surface area (TPSA) is 41.1 Å². The lowest BCUT2D eigenvalue weighted by Gasteiger charge is -2.10. The van der Waals surface area contributed by atoms with Crippen LogP contribution in [-0.2, 0) is 4.79 Å². The van der Waals surface area contributed by atoms with E-state index in [2.05, 4.69) is 26.6 Å². The van der Waals surface area contributed by atoms with Crippen LogP contribution >= 0.6 is 15.9 Å². The number of carbonyl (C=O) groups excluding carboxylic acids is 1. The third-order valence-corrected chi connectivity index (χ3v) is 2.96. The van der Waals surface area contributed by atoms with Crippen LogP contribution in [0.25, 0.3) is 0 Å². The molecule has 1 aliphatic heterocycles. The molecule has 1 atom stereocenters. The number of anilines is 1. The van der Waals surface area contributed by atoms with Crippen molar-refractivity contribution in [1.29, 1.82) is 0 Å². The van der Waals surface area contributed by atoms with Gasteiger partial charge in [0.25, 0.3) is 0 Å². The lowest BCUT2D eigenvalue weighted by atomic mass is 10.2. The third kappa shape index (κ3) is 2.79. The summed E-state index contributed by atoms with van der Waals surface area (Å²) in [6.07, 6.45) is 2.01. The fraction of sp³-hybridized carbons (Fsp3) is 0.364. The van der Waals surface area contributed by atoms with E-state index >= 15 is 0 Å². The minimum absolute atomic E-state index is 0.0241. The predicted molar refractivity (Wildman–Crippen MR) is 63.8 cm³/mol. The maximum Gasteiger partial charge on any atom is 0.241 e.